The molecule has 2 aromatic rings. The number of carbonyl (C=O) groups excluding carboxylic acids is 1. The molecule has 0 spiro atoms. The molecule has 0 saturated carbocycles. The number of halogens is 1. The van der Waals surface area contributed by atoms with Crippen LogP contribution in [0.5, 0.6) is 0 Å². The first-order valence-corrected chi connectivity index (χ1v) is 10.0. The number of piperazine rings is 1. The Labute approximate surface area is 157 Å². The lowest BCUT2D eigenvalue weighted by molar-refractivity contribution is 0.0656. The molecule has 1 saturated heterocycles. The van der Waals surface area contributed by atoms with Gasteiger partial charge in [-0.2, -0.15) is 0 Å². The number of carbonyl (C=O) groups is 1. The van der Waals surface area contributed by atoms with Gasteiger partial charge in [0.25, 0.3) is 15.9 Å². The molecule has 25 heavy (non-hydrogen) atoms. The standard InChI is InChI=1S/C16H19N3O3S2.ClH/c1-12-11-17-8-9-19(12)16(20)13-4-6-14(7-5-13)18-24(21,22)15-3-2-10-23-15;/h2-7,10,12,17-18H,8-9,11H2,1H3;1H/t12-;/m0./s1. The van der Waals surface area contributed by atoms with E-state index < -0.39 is 10.0 Å². The van der Waals surface area contributed by atoms with E-state index in [0.717, 1.165) is 24.4 Å². The summed E-state index contributed by atoms with van der Waals surface area (Å²) in [5, 5.41) is 4.96. The molecular weight excluding hydrogens is 382 g/mol. The van der Waals surface area contributed by atoms with Crippen LogP contribution in [0.15, 0.2) is 46.0 Å². The van der Waals surface area contributed by atoms with E-state index in [0.29, 0.717) is 17.8 Å². The molecule has 3 rings (SSSR count). The molecule has 0 aliphatic carbocycles. The molecule has 1 fully saturated rings. The van der Waals surface area contributed by atoms with Crippen LogP contribution in [-0.2, 0) is 10.0 Å². The first kappa shape index (κ1) is 19.7. The van der Waals surface area contributed by atoms with Gasteiger partial charge in [-0.15, -0.1) is 23.7 Å². The zero-order chi connectivity index (χ0) is 17.2. The van der Waals surface area contributed by atoms with Gasteiger partial charge in [0.15, 0.2) is 0 Å². The second-order valence-electron chi connectivity index (χ2n) is 5.67. The third-order valence-electron chi connectivity index (χ3n) is 3.91. The number of sulfonamides is 1. The van der Waals surface area contributed by atoms with E-state index in [9.17, 15) is 13.2 Å². The van der Waals surface area contributed by atoms with Gasteiger partial charge >= 0.3 is 0 Å². The van der Waals surface area contributed by atoms with Crippen LogP contribution in [-0.4, -0.2) is 44.9 Å². The molecule has 6 nitrogen and oxygen atoms in total. The minimum atomic E-state index is -3.57. The number of nitrogens with zero attached hydrogens (tertiary/aromatic N) is 1. The summed E-state index contributed by atoms with van der Waals surface area (Å²) in [6.45, 7) is 4.25. The topological polar surface area (TPSA) is 78.5 Å². The maximum atomic E-state index is 12.6. The third kappa shape index (κ3) is 4.52. The zero-order valence-electron chi connectivity index (χ0n) is 13.6. The molecule has 9 heteroatoms. The quantitative estimate of drug-likeness (QED) is 0.824. The van der Waals surface area contributed by atoms with Crippen molar-refractivity contribution in [3.8, 4) is 0 Å². The zero-order valence-corrected chi connectivity index (χ0v) is 16.1. The van der Waals surface area contributed by atoms with E-state index in [2.05, 4.69) is 10.0 Å². The molecule has 136 valence electrons. The smallest absolute Gasteiger partial charge is 0.271 e. The first-order chi connectivity index (χ1) is 11.5. The summed E-state index contributed by atoms with van der Waals surface area (Å²) >= 11 is 1.16. The van der Waals surface area contributed by atoms with Crippen molar-refractivity contribution in [1.82, 2.24) is 10.2 Å². The Morgan fingerprint density at radius 2 is 2.00 bits per heavy atom. The summed E-state index contributed by atoms with van der Waals surface area (Å²) in [5.74, 6) is -0.0309. The minimum Gasteiger partial charge on any atom is -0.333 e. The van der Waals surface area contributed by atoms with Crippen LogP contribution in [0.2, 0.25) is 0 Å². The van der Waals surface area contributed by atoms with Crippen LogP contribution in [0.3, 0.4) is 0 Å². The first-order valence-electron chi connectivity index (χ1n) is 7.65. The highest BCUT2D eigenvalue weighted by Crippen LogP contribution is 2.21. The number of thiophene rings is 1. The summed E-state index contributed by atoms with van der Waals surface area (Å²) < 4.78 is 27.2. The second-order valence-corrected chi connectivity index (χ2v) is 8.52. The summed E-state index contributed by atoms with van der Waals surface area (Å²) in [4.78, 5) is 14.4. The molecule has 1 atom stereocenters. The Bertz CT molecular complexity index is 808. The van der Waals surface area contributed by atoms with Gasteiger partial charge in [-0.05, 0) is 42.6 Å². The van der Waals surface area contributed by atoms with Gasteiger partial charge in [0.1, 0.15) is 4.21 Å². The normalized spacial score (nSPS) is 17.6. The van der Waals surface area contributed by atoms with Crippen LogP contribution in [0, 0.1) is 0 Å². The SMILES string of the molecule is C[C@H]1CNCCN1C(=O)c1ccc(NS(=O)(=O)c2cccs2)cc1.Cl. The van der Waals surface area contributed by atoms with E-state index in [1.54, 1.807) is 41.8 Å². The molecule has 2 heterocycles. The molecule has 1 aliphatic heterocycles. The number of anilines is 1. The lowest BCUT2D eigenvalue weighted by Crippen LogP contribution is -2.52. The summed E-state index contributed by atoms with van der Waals surface area (Å²) in [6, 6.07) is 9.93. The Balaban J connectivity index is 0.00000225. The average molecular weight is 402 g/mol. The molecule has 0 bridgehead atoms. The lowest BCUT2D eigenvalue weighted by Gasteiger charge is -2.34. The average Bonchev–Trinajstić information content (AvgIpc) is 3.10. The molecular formula is C16H20ClN3O3S2. The highest BCUT2D eigenvalue weighted by molar-refractivity contribution is 7.94. The van der Waals surface area contributed by atoms with Crippen molar-refractivity contribution in [1.29, 1.82) is 0 Å². The van der Waals surface area contributed by atoms with Crippen LogP contribution in [0.25, 0.3) is 0 Å². The fourth-order valence-electron chi connectivity index (χ4n) is 2.61. The second kappa shape index (κ2) is 8.18. The van der Waals surface area contributed by atoms with Crippen LogP contribution < -0.4 is 10.0 Å². The van der Waals surface area contributed by atoms with E-state index in [-0.39, 0.29) is 28.6 Å². The number of hydrogen-bond donors (Lipinski definition) is 2. The van der Waals surface area contributed by atoms with Gasteiger partial charge in [-0.25, -0.2) is 8.42 Å². The summed E-state index contributed by atoms with van der Waals surface area (Å²) in [6.07, 6.45) is 0. The molecule has 1 aliphatic rings. The highest BCUT2D eigenvalue weighted by atomic mass is 35.5. The van der Waals surface area contributed by atoms with E-state index in [1.807, 2.05) is 11.8 Å². The van der Waals surface area contributed by atoms with Gasteiger partial charge in [0.05, 0.1) is 0 Å². The highest BCUT2D eigenvalue weighted by Gasteiger charge is 2.24. The van der Waals surface area contributed by atoms with Crippen molar-refractivity contribution in [2.45, 2.75) is 17.2 Å². The predicted molar refractivity (Wildman–Crippen MR) is 102 cm³/mol. The predicted octanol–water partition coefficient (Wildman–Crippen LogP) is 2.40. The number of hydrogen-bond acceptors (Lipinski definition) is 5. The van der Waals surface area contributed by atoms with E-state index in [4.69, 9.17) is 0 Å². The Morgan fingerprint density at radius 1 is 1.28 bits per heavy atom. The van der Waals surface area contributed by atoms with Crippen molar-refractivity contribution >= 4 is 45.4 Å². The Hall–Kier alpha value is -1.61. The summed E-state index contributed by atoms with van der Waals surface area (Å²) in [5.41, 5.74) is 0.996. The Kier molecular flexibility index (Phi) is 6.45. The fraction of sp³-hybridized carbons (Fsp3) is 0.312. The van der Waals surface area contributed by atoms with Gasteiger partial charge in [0.2, 0.25) is 0 Å². The van der Waals surface area contributed by atoms with Crippen molar-refractivity contribution < 1.29 is 13.2 Å². The van der Waals surface area contributed by atoms with Crippen molar-refractivity contribution in [2.75, 3.05) is 24.4 Å². The number of nitrogens with one attached hydrogen (secondary N) is 2. The fourth-order valence-corrected chi connectivity index (χ4v) is 4.66. The number of amides is 1. The molecule has 0 unspecified atom stereocenters. The van der Waals surface area contributed by atoms with E-state index >= 15 is 0 Å². The monoisotopic (exact) mass is 401 g/mol. The van der Waals surface area contributed by atoms with Gasteiger partial charge in [-0.1, -0.05) is 6.07 Å². The van der Waals surface area contributed by atoms with Crippen molar-refractivity contribution in [3.05, 3.63) is 47.3 Å². The molecule has 2 N–H and O–H groups in total. The maximum Gasteiger partial charge on any atom is 0.271 e. The van der Waals surface area contributed by atoms with Gasteiger partial charge < -0.3 is 10.2 Å². The molecule has 1 aromatic heterocycles. The van der Waals surface area contributed by atoms with Gasteiger partial charge in [-0.3, -0.25) is 9.52 Å². The van der Waals surface area contributed by atoms with Crippen molar-refractivity contribution in [3.63, 3.8) is 0 Å². The van der Waals surface area contributed by atoms with Crippen LogP contribution in [0.1, 0.15) is 17.3 Å². The van der Waals surface area contributed by atoms with Crippen LogP contribution >= 0.6 is 23.7 Å². The van der Waals surface area contributed by atoms with Crippen molar-refractivity contribution in [2.24, 2.45) is 0 Å². The minimum absolute atomic E-state index is 0. The molecule has 1 amide bonds. The third-order valence-corrected chi connectivity index (χ3v) is 6.68. The molecule has 0 radical (unpaired) electrons. The summed E-state index contributed by atoms with van der Waals surface area (Å²) in [7, 11) is -3.57. The maximum absolute atomic E-state index is 12.6. The Morgan fingerprint density at radius 3 is 2.60 bits per heavy atom. The van der Waals surface area contributed by atoms with Gasteiger partial charge in [0, 0.05) is 36.9 Å². The number of benzene rings is 1. The molecule has 1 aromatic carbocycles. The lowest BCUT2D eigenvalue weighted by atomic mass is 10.1. The number of rotatable bonds is 4. The largest absolute Gasteiger partial charge is 0.333 e. The van der Waals surface area contributed by atoms with Crippen LogP contribution in [0.4, 0.5) is 5.69 Å². The van der Waals surface area contributed by atoms with E-state index in [1.165, 1.54) is 0 Å².